The standard InChI is InChI=1S/C14H15FN2/c1-9-3-5-12(8-13(9)16)17-14-6-4-11(15)7-10(14)2/h3-8,17H,16H2,1-2H3. The van der Waals surface area contributed by atoms with E-state index in [1.807, 2.05) is 32.0 Å². The normalized spacial score (nSPS) is 10.3. The summed E-state index contributed by atoms with van der Waals surface area (Å²) in [5.41, 5.74) is 10.3. The number of hydrogen-bond donors (Lipinski definition) is 2. The van der Waals surface area contributed by atoms with Crippen LogP contribution in [0.4, 0.5) is 21.5 Å². The molecule has 88 valence electrons. The molecule has 0 atom stereocenters. The van der Waals surface area contributed by atoms with E-state index in [4.69, 9.17) is 5.73 Å². The molecule has 3 N–H and O–H groups in total. The number of nitrogen functional groups attached to an aromatic ring is 1. The van der Waals surface area contributed by atoms with Crippen molar-refractivity contribution in [3.63, 3.8) is 0 Å². The summed E-state index contributed by atoms with van der Waals surface area (Å²) in [5, 5.41) is 3.22. The number of anilines is 3. The second-order valence-corrected chi connectivity index (χ2v) is 4.16. The highest BCUT2D eigenvalue weighted by Gasteiger charge is 2.01. The second kappa shape index (κ2) is 4.45. The van der Waals surface area contributed by atoms with E-state index in [0.29, 0.717) is 0 Å². The molecule has 0 aliphatic rings. The fourth-order valence-corrected chi connectivity index (χ4v) is 1.64. The number of benzene rings is 2. The first-order valence-corrected chi connectivity index (χ1v) is 5.45. The predicted octanol–water partition coefficient (Wildman–Crippen LogP) is 3.77. The van der Waals surface area contributed by atoms with Crippen LogP contribution in [0.25, 0.3) is 0 Å². The molecule has 3 heteroatoms. The molecule has 0 radical (unpaired) electrons. The van der Waals surface area contributed by atoms with Gasteiger partial charge in [0.25, 0.3) is 0 Å². The van der Waals surface area contributed by atoms with Gasteiger partial charge in [0, 0.05) is 17.1 Å². The zero-order chi connectivity index (χ0) is 12.4. The number of nitrogens with two attached hydrogens (primary N) is 1. The Hall–Kier alpha value is -2.03. The molecule has 0 aromatic heterocycles. The van der Waals surface area contributed by atoms with Crippen LogP contribution in [0.2, 0.25) is 0 Å². The average molecular weight is 230 g/mol. The van der Waals surface area contributed by atoms with Gasteiger partial charge in [0.2, 0.25) is 0 Å². The quantitative estimate of drug-likeness (QED) is 0.771. The van der Waals surface area contributed by atoms with Crippen LogP contribution in [-0.4, -0.2) is 0 Å². The minimum Gasteiger partial charge on any atom is -0.398 e. The Kier molecular flexibility index (Phi) is 3.00. The van der Waals surface area contributed by atoms with Gasteiger partial charge in [0.1, 0.15) is 5.82 Å². The van der Waals surface area contributed by atoms with Crippen molar-refractivity contribution in [3.05, 3.63) is 53.3 Å². The van der Waals surface area contributed by atoms with Crippen molar-refractivity contribution in [2.24, 2.45) is 0 Å². The highest BCUT2D eigenvalue weighted by Crippen LogP contribution is 2.23. The van der Waals surface area contributed by atoms with E-state index < -0.39 is 0 Å². The monoisotopic (exact) mass is 230 g/mol. The molecule has 0 fully saturated rings. The topological polar surface area (TPSA) is 38.0 Å². The molecule has 0 amide bonds. The molecule has 0 heterocycles. The largest absolute Gasteiger partial charge is 0.398 e. The molecule has 2 aromatic carbocycles. The minimum absolute atomic E-state index is 0.225. The van der Waals surface area contributed by atoms with Gasteiger partial charge in [0.15, 0.2) is 0 Å². The van der Waals surface area contributed by atoms with Crippen LogP contribution in [0, 0.1) is 19.7 Å². The Morgan fingerprint density at radius 2 is 1.76 bits per heavy atom. The third-order valence-corrected chi connectivity index (χ3v) is 2.75. The molecule has 0 bridgehead atoms. The summed E-state index contributed by atoms with van der Waals surface area (Å²) in [6.07, 6.45) is 0. The maximum absolute atomic E-state index is 13.0. The molecule has 2 nitrogen and oxygen atoms in total. The molecule has 0 unspecified atom stereocenters. The number of nitrogens with one attached hydrogen (secondary N) is 1. The van der Waals surface area contributed by atoms with Crippen molar-refractivity contribution in [1.82, 2.24) is 0 Å². The van der Waals surface area contributed by atoms with Gasteiger partial charge in [-0.3, -0.25) is 0 Å². The fraction of sp³-hybridized carbons (Fsp3) is 0.143. The summed E-state index contributed by atoms with van der Waals surface area (Å²) in [6, 6.07) is 10.4. The van der Waals surface area contributed by atoms with Gasteiger partial charge in [-0.1, -0.05) is 6.07 Å². The number of halogens is 1. The Balaban J connectivity index is 2.28. The van der Waals surface area contributed by atoms with Gasteiger partial charge in [-0.05, 0) is 55.3 Å². The zero-order valence-electron chi connectivity index (χ0n) is 9.92. The lowest BCUT2D eigenvalue weighted by atomic mass is 10.1. The van der Waals surface area contributed by atoms with Crippen molar-refractivity contribution in [2.75, 3.05) is 11.1 Å². The number of rotatable bonds is 2. The van der Waals surface area contributed by atoms with Gasteiger partial charge in [-0.15, -0.1) is 0 Å². The van der Waals surface area contributed by atoms with Crippen LogP contribution >= 0.6 is 0 Å². The van der Waals surface area contributed by atoms with Crippen LogP contribution in [-0.2, 0) is 0 Å². The summed E-state index contributed by atoms with van der Waals surface area (Å²) in [7, 11) is 0. The third kappa shape index (κ3) is 2.56. The van der Waals surface area contributed by atoms with Crippen molar-refractivity contribution in [2.45, 2.75) is 13.8 Å². The first-order chi connectivity index (χ1) is 8.06. The first kappa shape index (κ1) is 11.5. The summed E-state index contributed by atoms with van der Waals surface area (Å²) >= 11 is 0. The van der Waals surface area contributed by atoms with E-state index in [2.05, 4.69) is 5.32 Å². The van der Waals surface area contributed by atoms with Crippen molar-refractivity contribution >= 4 is 17.1 Å². The van der Waals surface area contributed by atoms with Crippen LogP contribution in [0.5, 0.6) is 0 Å². The van der Waals surface area contributed by atoms with Crippen LogP contribution < -0.4 is 11.1 Å². The molecule has 2 aromatic rings. The lowest BCUT2D eigenvalue weighted by Gasteiger charge is -2.11. The molecule has 0 aliphatic heterocycles. The van der Waals surface area contributed by atoms with Gasteiger partial charge >= 0.3 is 0 Å². The van der Waals surface area contributed by atoms with E-state index in [0.717, 1.165) is 28.2 Å². The van der Waals surface area contributed by atoms with Crippen molar-refractivity contribution < 1.29 is 4.39 Å². The molecule has 0 spiro atoms. The van der Waals surface area contributed by atoms with Gasteiger partial charge < -0.3 is 11.1 Å². The molecule has 2 rings (SSSR count). The van der Waals surface area contributed by atoms with E-state index in [1.54, 1.807) is 6.07 Å². The van der Waals surface area contributed by atoms with Crippen LogP contribution in [0.3, 0.4) is 0 Å². The number of aryl methyl sites for hydroxylation is 2. The Bertz CT molecular complexity index is 550. The molecule has 0 aliphatic carbocycles. The lowest BCUT2D eigenvalue weighted by molar-refractivity contribution is 0.627. The van der Waals surface area contributed by atoms with E-state index in [9.17, 15) is 4.39 Å². The van der Waals surface area contributed by atoms with Gasteiger partial charge in [0.05, 0.1) is 0 Å². The fourth-order valence-electron chi connectivity index (χ4n) is 1.64. The van der Waals surface area contributed by atoms with Crippen LogP contribution in [0.1, 0.15) is 11.1 Å². The SMILES string of the molecule is Cc1ccc(Nc2ccc(F)cc2C)cc1N. The molecule has 0 saturated carbocycles. The zero-order valence-corrected chi connectivity index (χ0v) is 9.92. The maximum atomic E-state index is 13.0. The summed E-state index contributed by atoms with van der Waals surface area (Å²) in [5.74, 6) is -0.225. The smallest absolute Gasteiger partial charge is 0.123 e. The lowest BCUT2D eigenvalue weighted by Crippen LogP contribution is -1.96. The van der Waals surface area contributed by atoms with E-state index in [1.165, 1.54) is 12.1 Å². The summed E-state index contributed by atoms with van der Waals surface area (Å²) < 4.78 is 13.0. The van der Waals surface area contributed by atoms with Gasteiger partial charge in [-0.25, -0.2) is 4.39 Å². The molecular formula is C14H15FN2. The Morgan fingerprint density at radius 1 is 1.00 bits per heavy atom. The van der Waals surface area contributed by atoms with Crippen molar-refractivity contribution in [3.8, 4) is 0 Å². The summed E-state index contributed by atoms with van der Waals surface area (Å²) in [4.78, 5) is 0. The molecule has 0 saturated heterocycles. The van der Waals surface area contributed by atoms with Gasteiger partial charge in [-0.2, -0.15) is 0 Å². The van der Waals surface area contributed by atoms with Crippen LogP contribution in [0.15, 0.2) is 36.4 Å². The van der Waals surface area contributed by atoms with Crippen molar-refractivity contribution in [1.29, 1.82) is 0 Å². The summed E-state index contributed by atoms with van der Waals surface area (Å²) in [6.45, 7) is 3.82. The average Bonchev–Trinajstić information content (AvgIpc) is 2.27. The predicted molar refractivity (Wildman–Crippen MR) is 70.0 cm³/mol. The minimum atomic E-state index is -0.225. The Labute approximate surface area is 100 Å². The van der Waals surface area contributed by atoms with E-state index in [-0.39, 0.29) is 5.82 Å². The second-order valence-electron chi connectivity index (χ2n) is 4.16. The maximum Gasteiger partial charge on any atom is 0.123 e. The molecule has 17 heavy (non-hydrogen) atoms. The highest BCUT2D eigenvalue weighted by molar-refractivity contribution is 5.67. The first-order valence-electron chi connectivity index (χ1n) is 5.45. The Morgan fingerprint density at radius 3 is 2.41 bits per heavy atom. The van der Waals surface area contributed by atoms with E-state index >= 15 is 0 Å². The molecular weight excluding hydrogens is 215 g/mol. The highest BCUT2D eigenvalue weighted by atomic mass is 19.1. The third-order valence-electron chi connectivity index (χ3n) is 2.75. The number of hydrogen-bond acceptors (Lipinski definition) is 2.